The van der Waals surface area contributed by atoms with E-state index in [4.69, 9.17) is 61.6 Å². The summed E-state index contributed by atoms with van der Waals surface area (Å²) in [6.07, 6.45) is 6.16. The van der Waals surface area contributed by atoms with Crippen LogP contribution in [0, 0.1) is 47.3 Å². The maximum absolute atomic E-state index is 14.6. The summed E-state index contributed by atoms with van der Waals surface area (Å²) in [4.78, 5) is 97.0. The third kappa shape index (κ3) is 34.6. The normalized spacial score (nSPS) is 21.9. The van der Waals surface area contributed by atoms with Crippen molar-refractivity contribution in [2.75, 3.05) is 39.6 Å². The van der Waals surface area contributed by atoms with Crippen molar-refractivity contribution in [2.24, 2.45) is 47.3 Å². The molecule has 4 aromatic rings. The van der Waals surface area contributed by atoms with E-state index in [0.717, 1.165) is 89.4 Å². The smallest absolute Gasteiger partial charge is 0.338 e. The Labute approximate surface area is 650 Å². The fourth-order valence-corrected chi connectivity index (χ4v) is 14.1. The van der Waals surface area contributed by atoms with Gasteiger partial charge in [-0.2, -0.15) is 0 Å². The molecule has 0 spiro atoms. The summed E-state index contributed by atoms with van der Waals surface area (Å²) in [5, 5.41) is 0. The molecular formula is C89H130O20. The van der Waals surface area contributed by atoms with Gasteiger partial charge in [0.05, 0.1) is 42.1 Å². The summed E-state index contributed by atoms with van der Waals surface area (Å²) in [6, 6.07) is 32.0. The van der Waals surface area contributed by atoms with Crippen molar-refractivity contribution < 1.29 is 95.1 Å². The Kier molecular flexibility index (Phi) is 41.7. The summed E-state index contributed by atoms with van der Waals surface area (Å²) < 4.78 is 82.7. The van der Waals surface area contributed by atoms with E-state index in [1.165, 1.54) is 120 Å². The number of carbonyl (C=O) groups excluding carboxylic acids is 7. The second-order valence-corrected chi connectivity index (χ2v) is 31.8. The Balaban J connectivity index is 1.31. The van der Waals surface area contributed by atoms with Gasteiger partial charge in [-0.25, -0.2) is 19.2 Å². The topological polar surface area (TPSA) is 239 Å². The van der Waals surface area contributed by atoms with Gasteiger partial charge in [0.1, 0.15) is 24.9 Å². The molecule has 20 nitrogen and oxygen atoms in total. The third-order valence-corrected chi connectivity index (χ3v) is 20.7. The van der Waals surface area contributed by atoms with Gasteiger partial charge >= 0.3 is 41.8 Å². The van der Waals surface area contributed by atoms with Crippen molar-refractivity contribution >= 4 is 41.8 Å². The molecule has 0 amide bonds. The zero-order valence-corrected chi connectivity index (χ0v) is 67.6. The Hall–Kier alpha value is -7.07. The molecule has 6 rings (SSSR count). The Morgan fingerprint density at radius 3 is 0.954 bits per heavy atom. The van der Waals surface area contributed by atoms with Gasteiger partial charge in [-0.3, -0.25) is 14.4 Å². The molecule has 0 saturated carbocycles. The second kappa shape index (κ2) is 50.0. The van der Waals surface area contributed by atoms with Crippen molar-refractivity contribution in [3.63, 3.8) is 0 Å². The van der Waals surface area contributed by atoms with E-state index in [1.807, 2.05) is 0 Å². The molecule has 7 unspecified atom stereocenters. The number of rotatable bonds is 51. The minimum absolute atomic E-state index is 0.0647. The monoisotopic (exact) mass is 1520 g/mol. The number of hydrogen-bond acceptors (Lipinski definition) is 20. The van der Waals surface area contributed by atoms with Crippen LogP contribution >= 0.6 is 0 Å². The highest BCUT2D eigenvalue weighted by Gasteiger charge is 2.57. The lowest BCUT2D eigenvalue weighted by Crippen LogP contribution is -2.65. The molecule has 2 aliphatic heterocycles. The molecule has 0 radical (unpaired) electrons. The van der Waals surface area contributed by atoms with Crippen LogP contribution in [0.15, 0.2) is 121 Å². The quantitative estimate of drug-likeness (QED) is 0.0227. The number of carbonyl (C=O) groups is 7. The highest BCUT2D eigenvalue weighted by molar-refractivity contribution is 5.91. The van der Waals surface area contributed by atoms with Crippen LogP contribution in [-0.4, -0.2) is 149 Å². The summed E-state index contributed by atoms with van der Waals surface area (Å²) in [7, 11) is 0. The van der Waals surface area contributed by atoms with Gasteiger partial charge in [0.2, 0.25) is 0 Å². The molecule has 20 heteroatoms. The van der Waals surface area contributed by atoms with Crippen LogP contribution in [0.25, 0.3) is 0 Å². The van der Waals surface area contributed by atoms with Gasteiger partial charge in [-0.15, -0.1) is 0 Å². The van der Waals surface area contributed by atoms with Gasteiger partial charge in [-0.05, 0) is 109 Å². The van der Waals surface area contributed by atoms with E-state index < -0.39 is 123 Å². The second-order valence-electron chi connectivity index (χ2n) is 31.8. The minimum atomic E-state index is -1.82. The molecule has 2 heterocycles. The first-order valence-electron chi connectivity index (χ1n) is 40.6. The summed E-state index contributed by atoms with van der Waals surface area (Å²) in [5.41, 5.74) is 0.359. The first kappa shape index (κ1) is 90.8. The molecule has 2 saturated heterocycles. The highest BCUT2D eigenvalue weighted by Crippen LogP contribution is 2.36. The summed E-state index contributed by atoms with van der Waals surface area (Å²) >= 11 is 0. The van der Waals surface area contributed by atoms with E-state index in [-0.39, 0.29) is 35.5 Å². The van der Waals surface area contributed by atoms with Crippen LogP contribution in [0.3, 0.4) is 0 Å². The van der Waals surface area contributed by atoms with Gasteiger partial charge < -0.3 is 61.6 Å². The molecule has 109 heavy (non-hydrogen) atoms. The lowest BCUT2D eigenvalue weighted by molar-refractivity contribution is -0.332. The molecule has 0 aliphatic carbocycles. The number of ether oxygens (including phenoxy) is 13. The summed E-state index contributed by atoms with van der Waals surface area (Å²) in [5.74, 6) is -1.04. The summed E-state index contributed by atoms with van der Waals surface area (Å²) in [6.45, 7) is 26.1. The first-order valence-corrected chi connectivity index (χ1v) is 40.6. The number of esters is 7. The minimum Gasteiger partial charge on any atom is -0.463 e. The highest BCUT2D eigenvalue weighted by atomic mass is 16.8. The van der Waals surface area contributed by atoms with Crippen molar-refractivity contribution in [2.45, 2.75) is 286 Å². The predicted molar refractivity (Wildman–Crippen MR) is 417 cm³/mol. The number of hydrogen-bond donors (Lipinski definition) is 0. The van der Waals surface area contributed by atoms with Crippen LogP contribution in [0.2, 0.25) is 0 Å². The molecule has 2 fully saturated rings. The lowest BCUT2D eigenvalue weighted by atomic mass is 9.91. The molecule has 17 atom stereocenters. The van der Waals surface area contributed by atoms with Crippen LogP contribution in [-0.2, 0) is 76.0 Å². The van der Waals surface area contributed by atoms with E-state index in [9.17, 15) is 33.6 Å². The van der Waals surface area contributed by atoms with Crippen LogP contribution < -0.4 is 0 Å². The standard InChI is InChI=1S/C89H130O20/c1-60(2)32-26-34-62(5)36-28-38-64(7)40-30-42-66(9)52-54-97-56-75(98-55-53-67(10)43-31-41-65(8)39-29-37-63(6)35-27-33-61(3)4)57-100-88-82(108-86(95)73-48-22-16-23-49-73)81(107-85(94)72-46-20-15-21-47-72)79(103-70(13)92)77(105-88)59-101-89-83(109-87(96)74-50-24-17-25-51-74)80(106-84(93)71-44-18-14-19-45-71)78(102-69(12)91)76(104-89)58-99-68(11)90/h14-25,44-51,60-67,75-83,88-89H,26-43,52-59H2,1-13H3/t62?,63?,64?,65?,66?,67?,75?,76-,77-,78-,79-,80+,81+,82-,83-,88-,89-/m1/s1. The molecule has 2 aliphatic rings. The molecular weight excluding hydrogens is 1390 g/mol. The van der Waals surface area contributed by atoms with Crippen molar-refractivity contribution in [1.29, 1.82) is 0 Å². The lowest BCUT2D eigenvalue weighted by Gasteiger charge is -2.46. The molecule has 0 N–H and O–H groups in total. The zero-order valence-electron chi connectivity index (χ0n) is 67.6. The van der Waals surface area contributed by atoms with Crippen LogP contribution in [0.1, 0.15) is 260 Å². The maximum atomic E-state index is 14.6. The Morgan fingerprint density at radius 1 is 0.321 bits per heavy atom. The van der Waals surface area contributed by atoms with E-state index in [2.05, 4.69) is 69.2 Å². The van der Waals surface area contributed by atoms with Crippen LogP contribution in [0.4, 0.5) is 0 Å². The van der Waals surface area contributed by atoms with Gasteiger partial charge in [0, 0.05) is 34.0 Å². The van der Waals surface area contributed by atoms with Crippen molar-refractivity contribution in [1.82, 2.24) is 0 Å². The van der Waals surface area contributed by atoms with Crippen LogP contribution in [0.5, 0.6) is 0 Å². The van der Waals surface area contributed by atoms with E-state index >= 15 is 0 Å². The number of benzene rings is 4. The van der Waals surface area contributed by atoms with Crippen molar-refractivity contribution in [3.8, 4) is 0 Å². The molecule has 4 aromatic carbocycles. The largest absolute Gasteiger partial charge is 0.463 e. The van der Waals surface area contributed by atoms with Gasteiger partial charge in [-0.1, -0.05) is 258 Å². The maximum Gasteiger partial charge on any atom is 0.338 e. The predicted octanol–water partition coefficient (Wildman–Crippen LogP) is 18.1. The van der Waals surface area contributed by atoms with Crippen molar-refractivity contribution in [3.05, 3.63) is 144 Å². The Morgan fingerprint density at radius 2 is 0.624 bits per heavy atom. The average molecular weight is 1520 g/mol. The Bertz CT molecular complexity index is 3220. The van der Waals surface area contributed by atoms with E-state index in [1.54, 1.807) is 84.9 Å². The molecule has 606 valence electrons. The fourth-order valence-electron chi connectivity index (χ4n) is 14.1. The fraction of sp³-hybridized carbons (Fsp3) is 0.652. The average Bonchev–Trinajstić information content (AvgIpc) is 0.776. The molecule has 0 bridgehead atoms. The first-order chi connectivity index (χ1) is 52.3. The molecule has 0 aromatic heterocycles. The van der Waals surface area contributed by atoms with Gasteiger partial charge in [0.25, 0.3) is 0 Å². The SMILES string of the molecule is CC(=O)OC[C@H]1O[C@@H](OC[C@H]2O[C@@H](OCC(COCCC(C)CCCC(C)CCCC(C)CCCC(C)C)OCCC(C)CCCC(C)CCCC(C)CCCC(C)C)[C@H](OC(=O)c3ccccc3)[C@@H](OC(=O)c3ccccc3)[C@@H]2OC(C)=O)[C@H](OC(=O)c2ccccc2)[C@@H](OC(=O)c2ccccc2)[C@@H]1OC(C)=O. The third-order valence-electron chi connectivity index (χ3n) is 20.7. The van der Waals surface area contributed by atoms with E-state index in [0.29, 0.717) is 36.9 Å². The zero-order chi connectivity index (χ0) is 79.0. The van der Waals surface area contributed by atoms with Gasteiger partial charge in [0.15, 0.2) is 49.2 Å².